The Bertz CT molecular complexity index is 777. The lowest BCUT2D eigenvalue weighted by Crippen LogP contribution is -2.60. The molecule has 0 radical (unpaired) electrons. The first-order valence-electron chi connectivity index (χ1n) is 6.74. The van der Waals surface area contributed by atoms with E-state index in [9.17, 15) is 14.0 Å². The van der Waals surface area contributed by atoms with Crippen molar-refractivity contribution < 1.29 is 28.0 Å². The van der Waals surface area contributed by atoms with Crippen molar-refractivity contribution in [3.05, 3.63) is 83.9 Å². The molecule has 1 unspecified atom stereocenters. The number of allylic oxidation sites excluding steroid dienone is 3. The molecule has 0 bridgehead atoms. The van der Waals surface area contributed by atoms with Gasteiger partial charge in [-0.05, 0) is 28.9 Å². The van der Waals surface area contributed by atoms with Gasteiger partial charge in [0.1, 0.15) is 14.5 Å². The summed E-state index contributed by atoms with van der Waals surface area (Å²) in [7, 11) is -5.75. The quantitative estimate of drug-likeness (QED) is 0.773. The lowest BCUT2D eigenvalue weighted by Gasteiger charge is -2.18. The monoisotopic (exact) mass is 348 g/mol. The van der Waals surface area contributed by atoms with E-state index in [2.05, 4.69) is 3.74 Å². The smallest absolute Gasteiger partial charge is 0.141 e. The van der Waals surface area contributed by atoms with E-state index < -0.39 is 21.0 Å². The summed E-state index contributed by atoms with van der Waals surface area (Å²) < 4.78 is 37.6. The minimum Gasteiger partial charge on any atom is -0.182 e. The van der Waals surface area contributed by atoms with E-state index in [0.717, 1.165) is 16.7 Å². The van der Waals surface area contributed by atoms with Gasteiger partial charge in [-0.2, -0.15) is 14.0 Å². The Labute approximate surface area is 138 Å². The van der Waals surface area contributed by atoms with Crippen molar-refractivity contribution in [1.29, 1.82) is 0 Å². The first-order valence-corrected chi connectivity index (χ1v) is 9.19. The fourth-order valence-corrected chi connectivity index (χ4v) is 4.34. The van der Waals surface area contributed by atoms with Crippen LogP contribution in [0.15, 0.2) is 72.8 Å². The van der Waals surface area contributed by atoms with Gasteiger partial charge in [-0.3, -0.25) is 0 Å². The van der Waals surface area contributed by atoms with Crippen molar-refractivity contribution in [3.63, 3.8) is 0 Å². The van der Waals surface area contributed by atoms with Crippen LogP contribution in [0.25, 0.3) is 10.5 Å². The average Bonchev–Trinajstić information content (AvgIpc) is 2.55. The summed E-state index contributed by atoms with van der Waals surface area (Å²) in [6.07, 6.45) is 3.63. The Morgan fingerprint density at radius 1 is 0.783 bits per heavy atom. The zero-order valence-corrected chi connectivity index (χ0v) is 13.5. The first kappa shape index (κ1) is 16.1. The molecular formula is C17H13ClO4S. The van der Waals surface area contributed by atoms with Crippen LogP contribution in [0, 0.1) is 10.2 Å². The van der Waals surface area contributed by atoms with Crippen LogP contribution >= 0.6 is 10.8 Å². The van der Waals surface area contributed by atoms with Gasteiger partial charge in [0.15, 0.2) is 0 Å². The molecule has 0 saturated heterocycles. The molecule has 0 spiro atoms. The SMILES string of the molecule is [O-][Cl+3]([O-])([O-])OS1=CC=C(c2ccccc2)C=C1c1ccccc1. The molecular weight excluding hydrogens is 336 g/mol. The fraction of sp³-hybridized carbons (Fsp3) is 0. The van der Waals surface area contributed by atoms with Crippen LogP contribution in [0.5, 0.6) is 0 Å². The van der Waals surface area contributed by atoms with Crippen LogP contribution in [0.2, 0.25) is 0 Å². The van der Waals surface area contributed by atoms with Gasteiger partial charge in [0, 0.05) is 5.37 Å². The van der Waals surface area contributed by atoms with Crippen LogP contribution in [0.1, 0.15) is 11.1 Å². The van der Waals surface area contributed by atoms with E-state index in [1.165, 1.54) is 0 Å². The Morgan fingerprint density at radius 3 is 1.91 bits per heavy atom. The molecule has 1 heterocycles. The highest BCUT2D eigenvalue weighted by atomic mass is 35.7. The molecule has 1 atom stereocenters. The molecule has 3 rings (SSSR count). The van der Waals surface area contributed by atoms with Gasteiger partial charge in [-0.15, -0.1) is 0 Å². The van der Waals surface area contributed by atoms with Gasteiger partial charge >= 0.3 is 0 Å². The zero-order chi connectivity index (χ0) is 16.3. The van der Waals surface area contributed by atoms with Gasteiger partial charge in [0.2, 0.25) is 0 Å². The molecule has 118 valence electrons. The molecule has 23 heavy (non-hydrogen) atoms. The number of hydrogen-bond acceptors (Lipinski definition) is 4. The second-order valence-electron chi connectivity index (χ2n) is 4.74. The third-order valence-corrected chi connectivity index (χ3v) is 5.52. The lowest BCUT2D eigenvalue weighted by molar-refractivity contribution is -1.91. The number of benzene rings is 2. The lowest BCUT2D eigenvalue weighted by atomic mass is 10.0. The second-order valence-corrected chi connectivity index (χ2v) is 7.30. The summed E-state index contributed by atoms with van der Waals surface area (Å²) in [4.78, 5) is 0.652. The highest BCUT2D eigenvalue weighted by molar-refractivity contribution is 8.19. The topological polar surface area (TPSA) is 78.4 Å². The number of hydrogen-bond donors (Lipinski definition) is 0. The van der Waals surface area contributed by atoms with Crippen LogP contribution < -0.4 is 14.0 Å². The zero-order valence-electron chi connectivity index (χ0n) is 11.9. The maximum absolute atomic E-state index is 11.0. The second kappa shape index (κ2) is 6.80. The standard InChI is InChI=1S/C17H13ClO4S/c19-18(20,21)22-23-12-11-16(14-7-3-1-4-8-14)13-17(23)15-9-5-2-6-10-15/h1-13H. The summed E-state index contributed by atoms with van der Waals surface area (Å²) in [5, 5.41) is 1.60. The molecule has 0 saturated carbocycles. The average molecular weight is 349 g/mol. The Hall–Kier alpha value is -1.73. The fourth-order valence-electron chi connectivity index (χ4n) is 2.21. The van der Waals surface area contributed by atoms with Crippen molar-refractivity contribution in [2.75, 3.05) is 0 Å². The van der Waals surface area contributed by atoms with E-state index in [4.69, 9.17) is 0 Å². The van der Waals surface area contributed by atoms with Crippen molar-refractivity contribution in [1.82, 2.24) is 0 Å². The molecule has 1 aliphatic heterocycles. The molecule has 0 aromatic heterocycles. The highest BCUT2D eigenvalue weighted by Crippen LogP contribution is 2.41. The molecule has 0 amide bonds. The first-order chi connectivity index (χ1) is 11.0. The van der Waals surface area contributed by atoms with Crippen molar-refractivity contribution in [3.8, 4) is 0 Å². The minimum atomic E-state index is -4.50. The van der Waals surface area contributed by atoms with Gasteiger partial charge in [-0.25, -0.2) is 0 Å². The van der Waals surface area contributed by atoms with E-state index in [1.807, 2.05) is 66.7 Å². The summed E-state index contributed by atoms with van der Waals surface area (Å²) in [6.45, 7) is 0. The molecule has 2 aromatic rings. The Morgan fingerprint density at radius 2 is 1.35 bits per heavy atom. The van der Waals surface area contributed by atoms with Crippen LogP contribution in [0.3, 0.4) is 0 Å². The van der Waals surface area contributed by atoms with Crippen molar-refractivity contribution in [2.24, 2.45) is 0 Å². The van der Waals surface area contributed by atoms with Gasteiger partial charge in [-0.1, -0.05) is 60.7 Å². The summed E-state index contributed by atoms with van der Waals surface area (Å²) in [5.74, 6) is 0. The van der Waals surface area contributed by atoms with E-state index in [-0.39, 0.29) is 0 Å². The van der Waals surface area contributed by atoms with E-state index in [1.54, 1.807) is 11.4 Å². The largest absolute Gasteiger partial charge is 0.182 e. The molecule has 2 aromatic carbocycles. The highest BCUT2D eigenvalue weighted by Gasteiger charge is 2.27. The maximum atomic E-state index is 11.0. The van der Waals surface area contributed by atoms with Gasteiger partial charge < -0.3 is 0 Å². The third kappa shape index (κ3) is 4.17. The minimum absolute atomic E-state index is 0.652. The summed E-state index contributed by atoms with van der Waals surface area (Å²) >= 11 is 0. The van der Waals surface area contributed by atoms with Crippen LogP contribution in [-0.4, -0.2) is 5.37 Å². The van der Waals surface area contributed by atoms with E-state index >= 15 is 0 Å². The maximum Gasteiger partial charge on any atom is 0.141 e. The molecule has 0 aliphatic carbocycles. The molecule has 0 fully saturated rings. The van der Waals surface area contributed by atoms with Crippen LogP contribution in [0.4, 0.5) is 0 Å². The Kier molecular flexibility index (Phi) is 4.77. The normalized spacial score (nSPS) is 18.0. The molecule has 0 N–H and O–H groups in total. The predicted molar refractivity (Wildman–Crippen MR) is 83.6 cm³/mol. The van der Waals surface area contributed by atoms with Gasteiger partial charge in [0.25, 0.3) is 0 Å². The van der Waals surface area contributed by atoms with Crippen molar-refractivity contribution >= 4 is 26.6 Å². The number of halogens is 1. The van der Waals surface area contributed by atoms with Crippen molar-refractivity contribution in [2.45, 2.75) is 0 Å². The van der Waals surface area contributed by atoms with E-state index in [0.29, 0.717) is 4.91 Å². The molecule has 4 nitrogen and oxygen atoms in total. The summed E-state index contributed by atoms with van der Waals surface area (Å²) in [6, 6.07) is 19.0. The Balaban J connectivity index is 2.05. The third-order valence-electron chi connectivity index (χ3n) is 3.18. The van der Waals surface area contributed by atoms with Gasteiger partial charge in [0.05, 0.1) is 15.1 Å². The number of rotatable bonds is 4. The van der Waals surface area contributed by atoms with Crippen LogP contribution in [-0.2, 0) is 3.74 Å². The molecule has 1 aliphatic rings. The predicted octanol–water partition coefficient (Wildman–Crippen LogP) is 1.02. The molecule has 6 heteroatoms. The summed E-state index contributed by atoms with van der Waals surface area (Å²) in [5.41, 5.74) is 2.74.